The highest BCUT2D eigenvalue weighted by molar-refractivity contribution is 6.17. The summed E-state index contributed by atoms with van der Waals surface area (Å²) in [6, 6.07) is 18.7. The number of ether oxygens (including phenoxy) is 1. The van der Waals surface area contributed by atoms with E-state index in [4.69, 9.17) is 32.0 Å². The number of hydrogen-bond acceptors (Lipinski definition) is 6. The van der Waals surface area contributed by atoms with E-state index in [0.29, 0.717) is 39.9 Å². The number of fused-ring (bicyclic) bond motifs is 1. The highest BCUT2D eigenvalue weighted by Gasteiger charge is 2.18. The number of rotatable bonds is 6. The van der Waals surface area contributed by atoms with Crippen LogP contribution in [0.5, 0.6) is 5.88 Å². The molecule has 35 heavy (non-hydrogen) atoms. The third-order valence-corrected chi connectivity index (χ3v) is 5.48. The number of nitrogens with two attached hydrogens (primary N) is 1. The Morgan fingerprint density at radius 3 is 2.43 bits per heavy atom. The average molecular weight is 491 g/mol. The Kier molecular flexibility index (Phi) is 7.52. The quantitative estimate of drug-likeness (QED) is 0.285. The van der Waals surface area contributed by atoms with Gasteiger partial charge in [-0.1, -0.05) is 26.0 Å². The molecule has 0 fully saturated rings. The van der Waals surface area contributed by atoms with E-state index in [9.17, 15) is 4.39 Å². The first kappa shape index (κ1) is 24.1. The average Bonchev–Trinajstić information content (AvgIpc) is 3.29. The number of anilines is 1. The van der Waals surface area contributed by atoms with Crippen molar-refractivity contribution in [3.63, 3.8) is 0 Å². The maximum atomic E-state index is 12.4. The smallest absolute Gasteiger partial charge is 0.230 e. The first-order chi connectivity index (χ1) is 17.2. The van der Waals surface area contributed by atoms with Gasteiger partial charge in [0.1, 0.15) is 11.3 Å². The van der Waals surface area contributed by atoms with Gasteiger partial charge in [-0.2, -0.15) is 0 Å². The van der Waals surface area contributed by atoms with E-state index in [1.54, 1.807) is 24.5 Å². The Balaban J connectivity index is 0.00000141. The van der Waals surface area contributed by atoms with Gasteiger partial charge in [-0.25, -0.2) is 24.3 Å². The zero-order valence-electron chi connectivity index (χ0n) is 19.3. The van der Waals surface area contributed by atoms with Crippen molar-refractivity contribution in [3.05, 3.63) is 78.6 Å². The summed E-state index contributed by atoms with van der Waals surface area (Å²) < 4.78 is 19.1. The Bertz CT molecular complexity index is 1420. The minimum atomic E-state index is -0.932. The molecule has 0 saturated carbocycles. The van der Waals surface area contributed by atoms with Crippen molar-refractivity contribution in [2.45, 2.75) is 19.7 Å². The van der Waals surface area contributed by atoms with E-state index >= 15 is 0 Å². The minimum Gasteiger partial charge on any atom is -0.446 e. The van der Waals surface area contributed by atoms with E-state index < -0.39 is 6.86 Å². The lowest BCUT2D eigenvalue weighted by Crippen LogP contribution is -2.02. The molecular weight excluding hydrogens is 467 g/mol. The molecule has 2 N–H and O–H groups in total. The van der Waals surface area contributed by atoms with Crippen molar-refractivity contribution < 1.29 is 9.13 Å². The summed E-state index contributed by atoms with van der Waals surface area (Å²) >= 11 is 5.97. The molecule has 0 atom stereocenters. The van der Waals surface area contributed by atoms with Crippen LogP contribution in [0.3, 0.4) is 0 Å². The van der Waals surface area contributed by atoms with E-state index in [1.807, 2.05) is 66.9 Å². The maximum absolute atomic E-state index is 12.4. The van der Waals surface area contributed by atoms with Crippen LogP contribution in [-0.4, -0.2) is 31.4 Å². The van der Waals surface area contributed by atoms with Crippen molar-refractivity contribution in [2.24, 2.45) is 0 Å². The predicted molar refractivity (Wildman–Crippen MR) is 137 cm³/mol. The number of alkyl halides is 2. The molecule has 0 aliphatic heterocycles. The van der Waals surface area contributed by atoms with Gasteiger partial charge in [0.05, 0.1) is 11.3 Å². The van der Waals surface area contributed by atoms with Crippen LogP contribution in [0.15, 0.2) is 73.1 Å². The summed E-state index contributed by atoms with van der Waals surface area (Å²) in [5.74, 6) is 1.63. The first-order valence-corrected chi connectivity index (χ1v) is 11.6. The number of hydrogen-bond donors (Lipinski definition) is 1. The minimum absolute atomic E-state index is 0.209. The fourth-order valence-electron chi connectivity index (χ4n) is 3.56. The van der Waals surface area contributed by atoms with Gasteiger partial charge in [0, 0.05) is 35.6 Å². The lowest BCUT2D eigenvalue weighted by atomic mass is 10.2. The topological polar surface area (TPSA) is 91.7 Å². The number of imidazole rings is 1. The van der Waals surface area contributed by atoms with Crippen LogP contribution in [0.25, 0.3) is 39.5 Å². The molecule has 0 radical (unpaired) electrons. The number of aromatic nitrogens is 5. The van der Waals surface area contributed by atoms with Crippen LogP contribution in [0, 0.1) is 0 Å². The standard InChI is InChI=1S/C24H18ClFN6O.C2H6/c25-12-15-3-6-17(7-4-15)32-23(18-2-1-11-28-22(18)27)31-20-9-8-19(30-24(20)32)16-5-10-21(29-13-16)33-14-26;1-2/h1-11,13H,12,14H2,(H2,27,28);1-2H3. The molecule has 178 valence electrons. The summed E-state index contributed by atoms with van der Waals surface area (Å²) in [5.41, 5.74) is 11.5. The first-order valence-electron chi connectivity index (χ1n) is 11.1. The molecule has 0 saturated heterocycles. The summed E-state index contributed by atoms with van der Waals surface area (Å²) in [4.78, 5) is 18.0. The van der Waals surface area contributed by atoms with Crippen LogP contribution in [-0.2, 0) is 5.88 Å². The fourth-order valence-corrected chi connectivity index (χ4v) is 3.74. The van der Waals surface area contributed by atoms with Crippen molar-refractivity contribution in [3.8, 4) is 34.2 Å². The van der Waals surface area contributed by atoms with Gasteiger partial charge in [0.25, 0.3) is 0 Å². The Labute approximate surface area is 207 Å². The molecule has 0 spiro atoms. The van der Waals surface area contributed by atoms with Crippen LogP contribution >= 0.6 is 11.6 Å². The van der Waals surface area contributed by atoms with Gasteiger partial charge < -0.3 is 10.5 Å². The lowest BCUT2D eigenvalue weighted by molar-refractivity contribution is 0.185. The largest absolute Gasteiger partial charge is 0.446 e. The van der Waals surface area contributed by atoms with Crippen molar-refractivity contribution in [1.82, 2.24) is 24.5 Å². The summed E-state index contributed by atoms with van der Waals surface area (Å²) in [6.07, 6.45) is 3.23. The number of nitrogen functional groups attached to an aromatic ring is 1. The molecule has 1 aromatic carbocycles. The summed E-state index contributed by atoms with van der Waals surface area (Å²) in [6.45, 7) is 3.07. The number of nitrogens with zero attached hydrogens (tertiary/aromatic N) is 5. The number of benzene rings is 1. The van der Waals surface area contributed by atoms with Crippen LogP contribution in [0.2, 0.25) is 0 Å². The normalized spacial score (nSPS) is 10.6. The summed E-state index contributed by atoms with van der Waals surface area (Å²) in [5, 5.41) is 0. The van der Waals surface area contributed by atoms with Crippen molar-refractivity contribution in [2.75, 3.05) is 12.6 Å². The van der Waals surface area contributed by atoms with E-state index in [1.165, 1.54) is 0 Å². The van der Waals surface area contributed by atoms with Gasteiger partial charge in [-0.05, 0) is 48.0 Å². The third-order valence-electron chi connectivity index (χ3n) is 5.17. The SMILES string of the molecule is CC.Nc1ncccc1-c1nc2ccc(-c3ccc(OCF)nc3)nc2n1-c1ccc(CCl)cc1. The van der Waals surface area contributed by atoms with E-state index in [2.05, 4.69) is 9.97 Å². The molecule has 4 heterocycles. The summed E-state index contributed by atoms with van der Waals surface area (Å²) in [7, 11) is 0. The van der Waals surface area contributed by atoms with E-state index in [0.717, 1.165) is 16.8 Å². The monoisotopic (exact) mass is 490 g/mol. The molecule has 5 rings (SSSR count). The molecule has 5 aromatic rings. The molecule has 4 aromatic heterocycles. The zero-order valence-corrected chi connectivity index (χ0v) is 20.1. The predicted octanol–water partition coefficient (Wildman–Crippen LogP) is 6.20. The third kappa shape index (κ3) is 4.93. The fraction of sp³-hybridized carbons (Fsp3) is 0.154. The Hall–Kier alpha value is -4.04. The van der Waals surface area contributed by atoms with Crippen molar-refractivity contribution >= 4 is 28.6 Å². The molecule has 0 bridgehead atoms. The highest BCUT2D eigenvalue weighted by atomic mass is 35.5. The highest BCUT2D eigenvalue weighted by Crippen LogP contribution is 2.32. The van der Waals surface area contributed by atoms with Crippen molar-refractivity contribution in [1.29, 1.82) is 0 Å². The van der Waals surface area contributed by atoms with Gasteiger partial charge in [0.15, 0.2) is 11.5 Å². The second-order valence-corrected chi connectivity index (χ2v) is 7.45. The van der Waals surface area contributed by atoms with Crippen LogP contribution in [0.4, 0.5) is 10.2 Å². The second-order valence-electron chi connectivity index (χ2n) is 7.18. The number of pyridine rings is 3. The molecule has 0 aliphatic rings. The molecule has 7 nitrogen and oxygen atoms in total. The molecule has 9 heteroatoms. The molecule has 0 aliphatic carbocycles. The van der Waals surface area contributed by atoms with Crippen LogP contribution < -0.4 is 10.5 Å². The molecular formula is C26H24ClFN6O. The lowest BCUT2D eigenvalue weighted by Gasteiger charge is -2.11. The number of halogens is 2. The van der Waals surface area contributed by atoms with Crippen LogP contribution in [0.1, 0.15) is 19.4 Å². The van der Waals surface area contributed by atoms with Gasteiger partial charge >= 0.3 is 0 Å². The van der Waals surface area contributed by atoms with Gasteiger partial charge in [-0.3, -0.25) is 4.57 Å². The molecule has 0 amide bonds. The Morgan fingerprint density at radius 2 is 1.77 bits per heavy atom. The van der Waals surface area contributed by atoms with Gasteiger partial charge in [0.2, 0.25) is 12.7 Å². The van der Waals surface area contributed by atoms with Gasteiger partial charge in [-0.15, -0.1) is 11.6 Å². The Morgan fingerprint density at radius 1 is 0.971 bits per heavy atom. The zero-order chi connectivity index (χ0) is 24.8. The second kappa shape index (κ2) is 10.9. The maximum Gasteiger partial charge on any atom is 0.230 e. The van der Waals surface area contributed by atoms with E-state index in [-0.39, 0.29) is 5.88 Å². The molecule has 0 unspecified atom stereocenters.